The lowest BCUT2D eigenvalue weighted by molar-refractivity contribution is 0.219. The van der Waals surface area contributed by atoms with Crippen LogP contribution in [0.2, 0.25) is 0 Å². The maximum Gasteiger partial charge on any atom is 0.123 e. The molecule has 1 N–H and O–H groups in total. The lowest BCUT2D eigenvalue weighted by Gasteiger charge is -2.25. The Bertz CT molecular complexity index is 536. The van der Waals surface area contributed by atoms with Gasteiger partial charge in [0.05, 0.1) is 6.61 Å². The molecule has 2 aliphatic rings. The Labute approximate surface area is 114 Å². The van der Waals surface area contributed by atoms with Crippen LogP contribution in [0.4, 0.5) is 0 Å². The van der Waals surface area contributed by atoms with Crippen molar-refractivity contribution in [2.75, 3.05) is 13.7 Å². The zero-order chi connectivity index (χ0) is 13.7. The smallest absolute Gasteiger partial charge is 0.123 e. The molecule has 0 atom stereocenters. The summed E-state index contributed by atoms with van der Waals surface area (Å²) in [6.07, 6.45) is 8.57. The quantitative estimate of drug-likeness (QED) is 0.831. The Hall–Kier alpha value is -1.80. The van der Waals surface area contributed by atoms with E-state index in [1.807, 2.05) is 0 Å². The molecule has 1 aromatic rings. The first kappa shape index (κ1) is 13.6. The predicted molar refractivity (Wildman–Crippen MR) is 78.7 cm³/mol. The largest absolute Gasteiger partial charge is 0.493 e. The summed E-state index contributed by atoms with van der Waals surface area (Å²) in [5.41, 5.74) is 5.41. The van der Waals surface area contributed by atoms with E-state index >= 15 is 0 Å². The van der Waals surface area contributed by atoms with E-state index in [2.05, 4.69) is 49.4 Å². The standard InChI is InChI=1S/C16H16O.CH4O/c1-12-6-2-3-7-13(12)14-10-11-17-16-9-5-4-8-15(14)16;1-2/h2-4,6-9H,5,10-11H2,1H3;2H,1H3. The SMILES string of the molecule is CO.Cc1ccccc1C1=C2C=CCC=C2OCC1. The van der Waals surface area contributed by atoms with E-state index in [0.717, 1.165) is 32.3 Å². The zero-order valence-corrected chi connectivity index (χ0v) is 11.5. The van der Waals surface area contributed by atoms with Crippen molar-refractivity contribution >= 4 is 5.57 Å². The number of aryl methyl sites for hydroxylation is 1. The Balaban J connectivity index is 0.000000637. The first-order valence-corrected chi connectivity index (χ1v) is 6.60. The highest BCUT2D eigenvalue weighted by Gasteiger charge is 2.20. The van der Waals surface area contributed by atoms with Gasteiger partial charge < -0.3 is 9.84 Å². The van der Waals surface area contributed by atoms with Crippen LogP contribution < -0.4 is 0 Å². The minimum Gasteiger partial charge on any atom is -0.493 e. The van der Waals surface area contributed by atoms with Gasteiger partial charge in [0.2, 0.25) is 0 Å². The molecular weight excluding hydrogens is 236 g/mol. The van der Waals surface area contributed by atoms with Gasteiger partial charge in [0.15, 0.2) is 0 Å². The Morgan fingerprint density at radius 1 is 1.16 bits per heavy atom. The third-order valence-electron chi connectivity index (χ3n) is 3.39. The highest BCUT2D eigenvalue weighted by Crippen LogP contribution is 2.35. The topological polar surface area (TPSA) is 29.5 Å². The van der Waals surface area contributed by atoms with Gasteiger partial charge in [-0.3, -0.25) is 0 Å². The summed E-state index contributed by atoms with van der Waals surface area (Å²) in [5.74, 6) is 1.07. The van der Waals surface area contributed by atoms with Crippen molar-refractivity contribution in [2.24, 2.45) is 0 Å². The maximum absolute atomic E-state index is 7.00. The fourth-order valence-corrected chi connectivity index (χ4v) is 2.53. The molecule has 0 aromatic heterocycles. The van der Waals surface area contributed by atoms with Crippen molar-refractivity contribution in [2.45, 2.75) is 19.8 Å². The molecule has 0 saturated heterocycles. The fraction of sp³-hybridized carbons (Fsp3) is 0.294. The highest BCUT2D eigenvalue weighted by molar-refractivity contribution is 5.77. The zero-order valence-electron chi connectivity index (χ0n) is 11.5. The van der Waals surface area contributed by atoms with E-state index in [9.17, 15) is 0 Å². The van der Waals surface area contributed by atoms with Crippen molar-refractivity contribution in [3.63, 3.8) is 0 Å². The molecule has 0 spiro atoms. The minimum atomic E-state index is 0.798. The molecule has 0 fully saturated rings. The van der Waals surface area contributed by atoms with Gasteiger partial charge in [0.25, 0.3) is 0 Å². The van der Waals surface area contributed by atoms with Crippen molar-refractivity contribution in [3.8, 4) is 0 Å². The third-order valence-corrected chi connectivity index (χ3v) is 3.39. The van der Waals surface area contributed by atoms with Crippen LogP contribution in [0.25, 0.3) is 5.57 Å². The van der Waals surface area contributed by atoms with Crippen LogP contribution in [-0.4, -0.2) is 18.8 Å². The molecule has 2 heteroatoms. The number of ether oxygens (including phenoxy) is 1. The number of hydrogen-bond acceptors (Lipinski definition) is 2. The van der Waals surface area contributed by atoms with Gasteiger partial charge in [-0.2, -0.15) is 0 Å². The van der Waals surface area contributed by atoms with Gasteiger partial charge in [-0.15, -0.1) is 0 Å². The van der Waals surface area contributed by atoms with Crippen LogP contribution in [0.3, 0.4) is 0 Å². The van der Waals surface area contributed by atoms with Crippen molar-refractivity contribution in [3.05, 3.63) is 65.0 Å². The highest BCUT2D eigenvalue weighted by atomic mass is 16.5. The minimum absolute atomic E-state index is 0.798. The van der Waals surface area contributed by atoms with Crippen LogP contribution in [0.5, 0.6) is 0 Å². The van der Waals surface area contributed by atoms with Gasteiger partial charge in [-0.1, -0.05) is 36.4 Å². The lowest BCUT2D eigenvalue weighted by atomic mass is 9.89. The fourth-order valence-electron chi connectivity index (χ4n) is 2.53. The number of rotatable bonds is 1. The van der Waals surface area contributed by atoms with Crippen LogP contribution in [-0.2, 0) is 4.74 Å². The molecule has 0 amide bonds. The average Bonchev–Trinajstić information content (AvgIpc) is 2.49. The average molecular weight is 256 g/mol. The first-order valence-electron chi connectivity index (χ1n) is 6.60. The number of hydrogen-bond donors (Lipinski definition) is 1. The molecule has 1 aliphatic carbocycles. The summed E-state index contributed by atoms with van der Waals surface area (Å²) < 4.78 is 5.73. The van der Waals surface area contributed by atoms with Gasteiger partial charge in [0.1, 0.15) is 5.76 Å². The molecule has 1 aromatic carbocycles. The molecule has 100 valence electrons. The van der Waals surface area contributed by atoms with Gasteiger partial charge >= 0.3 is 0 Å². The summed E-state index contributed by atoms with van der Waals surface area (Å²) in [6, 6.07) is 8.59. The second-order valence-corrected chi connectivity index (χ2v) is 4.51. The van der Waals surface area contributed by atoms with Crippen molar-refractivity contribution in [1.29, 1.82) is 0 Å². The molecule has 0 unspecified atom stereocenters. The summed E-state index contributed by atoms with van der Waals surface area (Å²) >= 11 is 0. The maximum atomic E-state index is 7.00. The molecular formula is C17H20O2. The van der Waals surface area contributed by atoms with E-state index in [0.29, 0.717) is 0 Å². The van der Waals surface area contributed by atoms with E-state index in [1.54, 1.807) is 0 Å². The monoisotopic (exact) mass is 256 g/mol. The van der Waals surface area contributed by atoms with E-state index in [-0.39, 0.29) is 0 Å². The van der Waals surface area contributed by atoms with Crippen LogP contribution >= 0.6 is 0 Å². The Morgan fingerprint density at radius 3 is 2.74 bits per heavy atom. The normalized spacial score (nSPS) is 16.9. The number of aliphatic hydroxyl groups is 1. The van der Waals surface area contributed by atoms with Crippen LogP contribution in [0.15, 0.2) is 53.8 Å². The van der Waals surface area contributed by atoms with E-state index in [1.165, 1.54) is 22.3 Å². The van der Waals surface area contributed by atoms with E-state index < -0.39 is 0 Å². The summed E-state index contributed by atoms with van der Waals surface area (Å²) in [6.45, 7) is 2.97. The van der Waals surface area contributed by atoms with Gasteiger partial charge in [-0.25, -0.2) is 0 Å². The second-order valence-electron chi connectivity index (χ2n) is 4.51. The van der Waals surface area contributed by atoms with E-state index in [4.69, 9.17) is 9.84 Å². The molecule has 0 saturated carbocycles. The van der Waals surface area contributed by atoms with Crippen LogP contribution in [0.1, 0.15) is 24.0 Å². The predicted octanol–water partition coefficient (Wildman–Crippen LogP) is 3.62. The number of fused-ring (bicyclic) bond motifs is 1. The first-order chi connectivity index (χ1) is 9.36. The van der Waals surface area contributed by atoms with Crippen molar-refractivity contribution < 1.29 is 9.84 Å². The summed E-state index contributed by atoms with van der Waals surface area (Å²) in [4.78, 5) is 0. The van der Waals surface area contributed by atoms with Gasteiger partial charge in [-0.05, 0) is 36.1 Å². The molecule has 0 bridgehead atoms. The molecule has 1 heterocycles. The number of benzene rings is 1. The summed E-state index contributed by atoms with van der Waals surface area (Å²) in [7, 11) is 1.00. The molecule has 3 rings (SSSR count). The van der Waals surface area contributed by atoms with Crippen LogP contribution in [0, 0.1) is 6.92 Å². The molecule has 19 heavy (non-hydrogen) atoms. The molecule has 0 radical (unpaired) electrons. The number of allylic oxidation sites excluding steroid dienone is 3. The third kappa shape index (κ3) is 2.79. The molecule has 1 aliphatic heterocycles. The molecule has 2 nitrogen and oxygen atoms in total. The Morgan fingerprint density at radius 2 is 1.95 bits per heavy atom. The van der Waals surface area contributed by atoms with Gasteiger partial charge in [0, 0.05) is 19.1 Å². The summed E-state index contributed by atoms with van der Waals surface area (Å²) in [5, 5.41) is 7.00. The van der Waals surface area contributed by atoms with Crippen molar-refractivity contribution in [1.82, 2.24) is 0 Å². The number of aliphatic hydroxyl groups excluding tert-OH is 1. The second kappa shape index (κ2) is 6.39. The lowest BCUT2D eigenvalue weighted by Crippen LogP contribution is -2.10. The Kier molecular flexibility index (Phi) is 4.58.